The first-order chi connectivity index (χ1) is 12.9. The van der Waals surface area contributed by atoms with E-state index < -0.39 is 4.92 Å². The van der Waals surface area contributed by atoms with E-state index in [1.165, 1.54) is 11.0 Å². The number of nitro groups is 1. The number of fused-ring (bicyclic) bond motifs is 8. The summed E-state index contributed by atoms with van der Waals surface area (Å²) in [6.07, 6.45) is 0.740. The molecule has 5 rings (SSSR count). The first-order valence-corrected chi connectivity index (χ1v) is 9.22. The molecule has 9 heteroatoms. The molecule has 9 nitrogen and oxygen atoms in total. The standard InChI is InChI=1S/C18H19N5O4/c1-8(2)21-17(24)13-9-7-10(14(13)18(21)25)16-15(9)19-20-22(16)11-5-3-4-6-12(11)23(26)27/h3-6,8-10,13-16H,7H2,1-2H3/t9-,10+,13-,14-,15+,16+/m0/s1. The summed E-state index contributed by atoms with van der Waals surface area (Å²) in [7, 11) is 0. The number of hydrogen-bond acceptors (Lipinski definition) is 7. The summed E-state index contributed by atoms with van der Waals surface area (Å²) < 4.78 is 0. The summed E-state index contributed by atoms with van der Waals surface area (Å²) in [5.74, 6) is -0.983. The van der Waals surface area contributed by atoms with Gasteiger partial charge in [-0.2, -0.15) is 5.11 Å². The van der Waals surface area contributed by atoms with E-state index in [1.54, 1.807) is 23.2 Å². The van der Waals surface area contributed by atoms with E-state index in [1.807, 2.05) is 13.8 Å². The van der Waals surface area contributed by atoms with Crippen molar-refractivity contribution in [3.05, 3.63) is 34.4 Å². The Morgan fingerprint density at radius 2 is 1.81 bits per heavy atom. The second kappa shape index (κ2) is 5.34. The molecule has 3 fully saturated rings. The molecule has 2 bridgehead atoms. The predicted molar refractivity (Wildman–Crippen MR) is 93.6 cm³/mol. The SMILES string of the molecule is CC(C)N1C(=O)[C@H]2[C@@H]3C[C@H]([C@@H]2C1=O)[C@@H]1[C@@H]3N=NN1c1ccccc1[N+](=O)[O-]. The lowest BCUT2D eigenvalue weighted by Crippen LogP contribution is -2.47. The predicted octanol–water partition coefficient (Wildman–Crippen LogP) is 2.18. The number of nitro benzene ring substituents is 1. The van der Waals surface area contributed by atoms with Crippen LogP contribution in [-0.4, -0.2) is 39.8 Å². The highest BCUT2D eigenvalue weighted by Gasteiger charge is 2.70. The molecule has 140 valence electrons. The molecule has 6 atom stereocenters. The van der Waals surface area contributed by atoms with Crippen LogP contribution in [0.1, 0.15) is 20.3 Å². The van der Waals surface area contributed by atoms with E-state index in [2.05, 4.69) is 10.3 Å². The first-order valence-electron chi connectivity index (χ1n) is 9.22. The Balaban J connectivity index is 1.53. The molecule has 0 unspecified atom stereocenters. The van der Waals surface area contributed by atoms with Crippen molar-refractivity contribution in [3.8, 4) is 0 Å². The van der Waals surface area contributed by atoms with Crippen LogP contribution in [0.3, 0.4) is 0 Å². The van der Waals surface area contributed by atoms with Crippen LogP contribution in [0.15, 0.2) is 34.6 Å². The van der Waals surface area contributed by atoms with Crippen molar-refractivity contribution >= 4 is 23.2 Å². The van der Waals surface area contributed by atoms with Gasteiger partial charge in [0.05, 0.1) is 28.8 Å². The average molecular weight is 369 g/mol. The maximum Gasteiger partial charge on any atom is 0.294 e. The highest BCUT2D eigenvalue weighted by molar-refractivity contribution is 6.06. The van der Waals surface area contributed by atoms with Crippen LogP contribution in [0, 0.1) is 33.8 Å². The lowest BCUT2D eigenvalue weighted by atomic mass is 9.76. The molecule has 1 aromatic carbocycles. The Labute approximate surface area is 155 Å². The Morgan fingerprint density at radius 1 is 1.15 bits per heavy atom. The number of rotatable bonds is 3. The zero-order chi connectivity index (χ0) is 19.0. The number of carbonyl (C=O) groups is 2. The Kier molecular flexibility index (Phi) is 3.23. The molecule has 0 radical (unpaired) electrons. The van der Waals surface area contributed by atoms with Gasteiger partial charge in [0, 0.05) is 12.1 Å². The van der Waals surface area contributed by atoms with Crippen LogP contribution in [0.4, 0.5) is 11.4 Å². The van der Waals surface area contributed by atoms with E-state index in [9.17, 15) is 19.7 Å². The van der Waals surface area contributed by atoms with Crippen LogP contribution < -0.4 is 5.01 Å². The first kappa shape index (κ1) is 16.3. The van der Waals surface area contributed by atoms with Crippen molar-refractivity contribution in [2.24, 2.45) is 34.0 Å². The van der Waals surface area contributed by atoms with Gasteiger partial charge < -0.3 is 0 Å². The van der Waals surface area contributed by atoms with Crippen LogP contribution >= 0.6 is 0 Å². The van der Waals surface area contributed by atoms with Gasteiger partial charge in [0.1, 0.15) is 5.69 Å². The van der Waals surface area contributed by atoms with E-state index in [4.69, 9.17) is 0 Å². The van der Waals surface area contributed by atoms with Gasteiger partial charge in [0.15, 0.2) is 0 Å². The number of nitrogens with zero attached hydrogens (tertiary/aromatic N) is 5. The minimum atomic E-state index is -0.432. The number of carbonyl (C=O) groups excluding carboxylic acids is 2. The van der Waals surface area contributed by atoms with Gasteiger partial charge in [-0.3, -0.25) is 24.6 Å². The topological polar surface area (TPSA) is 108 Å². The summed E-state index contributed by atoms with van der Waals surface area (Å²) in [5, 5.41) is 21.6. The molecule has 27 heavy (non-hydrogen) atoms. The zero-order valence-corrected chi connectivity index (χ0v) is 14.9. The highest BCUT2D eigenvalue weighted by atomic mass is 16.6. The third-order valence-corrected chi connectivity index (χ3v) is 6.53. The van der Waals surface area contributed by atoms with Crippen LogP contribution in [0.5, 0.6) is 0 Å². The van der Waals surface area contributed by atoms with Crippen molar-refractivity contribution in [2.45, 2.75) is 38.4 Å². The molecule has 2 saturated carbocycles. The number of imide groups is 1. The molecule has 1 saturated heterocycles. The number of benzene rings is 1. The minimum Gasteiger partial charge on any atom is -0.280 e. The van der Waals surface area contributed by atoms with Crippen LogP contribution in [-0.2, 0) is 9.59 Å². The largest absolute Gasteiger partial charge is 0.294 e. The molecule has 2 aliphatic heterocycles. The molecule has 1 aromatic rings. The zero-order valence-electron chi connectivity index (χ0n) is 14.9. The molecular weight excluding hydrogens is 350 g/mol. The normalized spacial score (nSPS) is 36.1. The van der Waals surface area contributed by atoms with Gasteiger partial charge in [-0.1, -0.05) is 17.4 Å². The molecule has 2 amide bonds. The number of amides is 2. The third kappa shape index (κ3) is 1.94. The maximum atomic E-state index is 13.0. The lowest BCUT2D eigenvalue weighted by molar-refractivity contribution is -0.384. The van der Waals surface area contributed by atoms with Crippen molar-refractivity contribution < 1.29 is 14.5 Å². The number of para-hydroxylation sites is 2. The van der Waals surface area contributed by atoms with E-state index >= 15 is 0 Å². The summed E-state index contributed by atoms with van der Waals surface area (Å²) >= 11 is 0. The van der Waals surface area contributed by atoms with Crippen LogP contribution in [0.2, 0.25) is 0 Å². The molecule has 2 heterocycles. The quantitative estimate of drug-likeness (QED) is 0.461. The molecule has 0 N–H and O–H groups in total. The number of likely N-dealkylation sites (tertiary alicyclic amines) is 1. The number of anilines is 1. The Bertz CT molecular complexity index is 899. The fourth-order valence-electron chi connectivity index (χ4n) is 5.64. The fourth-order valence-corrected chi connectivity index (χ4v) is 5.64. The van der Waals surface area contributed by atoms with E-state index in [0.717, 1.165) is 6.42 Å². The monoisotopic (exact) mass is 369 g/mol. The molecule has 4 aliphatic rings. The smallest absolute Gasteiger partial charge is 0.280 e. The van der Waals surface area contributed by atoms with Crippen molar-refractivity contribution in [1.82, 2.24) is 4.90 Å². The van der Waals surface area contributed by atoms with Crippen molar-refractivity contribution in [1.29, 1.82) is 0 Å². The Morgan fingerprint density at radius 3 is 2.48 bits per heavy atom. The van der Waals surface area contributed by atoms with Crippen LogP contribution in [0.25, 0.3) is 0 Å². The average Bonchev–Trinajstić information content (AvgIpc) is 3.34. The number of hydrogen-bond donors (Lipinski definition) is 0. The van der Waals surface area contributed by atoms with Gasteiger partial charge in [-0.05, 0) is 38.2 Å². The van der Waals surface area contributed by atoms with Crippen molar-refractivity contribution in [2.75, 3.05) is 5.01 Å². The van der Waals surface area contributed by atoms with Gasteiger partial charge in [0.2, 0.25) is 11.8 Å². The molecular formula is C18H19N5O4. The highest BCUT2D eigenvalue weighted by Crippen LogP contribution is 2.60. The van der Waals surface area contributed by atoms with Gasteiger partial charge in [0.25, 0.3) is 5.69 Å². The molecule has 2 aliphatic carbocycles. The third-order valence-electron chi connectivity index (χ3n) is 6.53. The maximum absolute atomic E-state index is 13.0. The van der Waals surface area contributed by atoms with E-state index in [0.29, 0.717) is 5.69 Å². The molecule has 0 aromatic heterocycles. The van der Waals surface area contributed by atoms with Crippen molar-refractivity contribution in [3.63, 3.8) is 0 Å². The summed E-state index contributed by atoms with van der Waals surface area (Å²) in [4.78, 5) is 38.2. The van der Waals surface area contributed by atoms with Gasteiger partial charge in [-0.15, -0.1) is 0 Å². The van der Waals surface area contributed by atoms with Gasteiger partial charge >= 0.3 is 0 Å². The summed E-state index contributed by atoms with van der Waals surface area (Å²) in [5.41, 5.74) is 0.356. The second-order valence-electron chi connectivity index (χ2n) is 8.03. The summed E-state index contributed by atoms with van der Waals surface area (Å²) in [6, 6.07) is 5.88. The Hall–Kier alpha value is -2.84. The summed E-state index contributed by atoms with van der Waals surface area (Å²) in [6.45, 7) is 3.69. The van der Waals surface area contributed by atoms with E-state index in [-0.39, 0.29) is 59.3 Å². The lowest BCUT2D eigenvalue weighted by Gasteiger charge is -2.33. The fraction of sp³-hybridized carbons (Fsp3) is 0.556. The van der Waals surface area contributed by atoms with Gasteiger partial charge in [-0.25, -0.2) is 5.01 Å². The minimum absolute atomic E-state index is 0.0262. The second-order valence-corrected chi connectivity index (χ2v) is 8.03. The molecule has 0 spiro atoms.